The van der Waals surface area contributed by atoms with Crippen molar-refractivity contribution in [3.8, 4) is 11.6 Å². The van der Waals surface area contributed by atoms with Crippen molar-refractivity contribution >= 4 is 31.9 Å². The summed E-state index contributed by atoms with van der Waals surface area (Å²) in [6.45, 7) is 3.67. The minimum absolute atomic E-state index is 0.475. The molecule has 0 saturated heterocycles. The van der Waals surface area contributed by atoms with E-state index in [4.69, 9.17) is 4.74 Å². The fraction of sp³-hybridized carbons (Fsp3) is 0.231. The first-order valence-electron chi connectivity index (χ1n) is 5.83. The maximum absolute atomic E-state index is 5.66. The molecule has 0 saturated carbocycles. The summed E-state index contributed by atoms with van der Waals surface area (Å²) in [5, 5.41) is 3.19. The lowest BCUT2D eigenvalue weighted by atomic mass is 10.3. The summed E-state index contributed by atoms with van der Waals surface area (Å²) < 4.78 is 7.51. The molecule has 1 N–H and O–H groups in total. The van der Waals surface area contributed by atoms with Gasteiger partial charge in [0.15, 0.2) is 0 Å². The number of nitrogens with zero attached hydrogens (tertiary/aromatic N) is 2. The van der Waals surface area contributed by atoms with Crippen LogP contribution in [0.1, 0.15) is 12.6 Å². The van der Waals surface area contributed by atoms with Gasteiger partial charge in [-0.2, -0.15) is 0 Å². The van der Waals surface area contributed by atoms with Gasteiger partial charge in [-0.05, 0) is 40.7 Å². The Balaban J connectivity index is 2.06. The Morgan fingerprint density at radius 1 is 1.21 bits per heavy atom. The fourth-order valence-electron chi connectivity index (χ4n) is 1.41. The van der Waals surface area contributed by atoms with Crippen molar-refractivity contribution in [3.05, 3.63) is 45.2 Å². The Morgan fingerprint density at radius 2 is 2.05 bits per heavy atom. The largest absolute Gasteiger partial charge is 0.436 e. The topological polar surface area (TPSA) is 47.0 Å². The molecule has 0 bridgehead atoms. The van der Waals surface area contributed by atoms with Crippen LogP contribution in [-0.2, 0) is 6.54 Å². The fourth-order valence-corrected chi connectivity index (χ4v) is 2.54. The molecule has 1 aromatic carbocycles. The average Bonchev–Trinajstić information content (AvgIpc) is 2.41. The maximum atomic E-state index is 5.66. The van der Waals surface area contributed by atoms with Crippen molar-refractivity contribution in [3.63, 3.8) is 0 Å². The molecule has 19 heavy (non-hydrogen) atoms. The van der Waals surface area contributed by atoms with Crippen molar-refractivity contribution < 1.29 is 4.74 Å². The summed E-state index contributed by atoms with van der Waals surface area (Å²) >= 11 is 6.83. The third-order valence-electron chi connectivity index (χ3n) is 2.35. The van der Waals surface area contributed by atoms with Gasteiger partial charge in [0.1, 0.15) is 5.75 Å². The van der Waals surface area contributed by atoms with Gasteiger partial charge in [0.05, 0.1) is 22.6 Å². The molecule has 0 amide bonds. The van der Waals surface area contributed by atoms with Gasteiger partial charge in [-0.1, -0.05) is 22.9 Å². The zero-order valence-electron chi connectivity index (χ0n) is 10.4. The van der Waals surface area contributed by atoms with Gasteiger partial charge in [-0.3, -0.25) is 4.98 Å². The molecule has 4 nitrogen and oxygen atoms in total. The number of hydrogen-bond acceptors (Lipinski definition) is 4. The minimum Gasteiger partial charge on any atom is -0.436 e. The van der Waals surface area contributed by atoms with Crippen LogP contribution in [0.3, 0.4) is 0 Å². The van der Waals surface area contributed by atoms with E-state index in [1.54, 1.807) is 12.4 Å². The second kappa shape index (κ2) is 6.98. The van der Waals surface area contributed by atoms with Gasteiger partial charge in [0.2, 0.25) is 5.88 Å². The molecular formula is C13H13Br2N3O. The quantitative estimate of drug-likeness (QED) is 0.846. The molecule has 0 aliphatic carbocycles. The molecule has 1 heterocycles. The van der Waals surface area contributed by atoms with E-state index in [0.29, 0.717) is 18.2 Å². The second-order valence-electron chi connectivity index (χ2n) is 3.80. The molecule has 6 heteroatoms. The van der Waals surface area contributed by atoms with Crippen LogP contribution in [0.2, 0.25) is 0 Å². The second-order valence-corrected chi connectivity index (χ2v) is 5.57. The Hall–Kier alpha value is -0.980. The smallest absolute Gasteiger partial charge is 0.237 e. The van der Waals surface area contributed by atoms with Gasteiger partial charge >= 0.3 is 0 Å². The summed E-state index contributed by atoms with van der Waals surface area (Å²) in [6.07, 6.45) is 3.34. The van der Waals surface area contributed by atoms with Gasteiger partial charge in [0.25, 0.3) is 0 Å². The van der Waals surface area contributed by atoms with Crippen LogP contribution < -0.4 is 10.1 Å². The standard InChI is InChI=1S/C13H13Br2N3O/c1-2-16-6-10-7-18-13(8-17-10)19-12-4-3-9(14)5-11(12)15/h3-5,7-8,16H,2,6H2,1H3. The van der Waals surface area contributed by atoms with Crippen molar-refractivity contribution in [1.29, 1.82) is 0 Å². The van der Waals surface area contributed by atoms with Gasteiger partial charge in [-0.15, -0.1) is 0 Å². The predicted molar refractivity (Wildman–Crippen MR) is 81.3 cm³/mol. The first kappa shape index (κ1) is 14.4. The number of nitrogens with one attached hydrogen (secondary N) is 1. The molecule has 2 rings (SSSR count). The van der Waals surface area contributed by atoms with Crippen LogP contribution in [0, 0.1) is 0 Å². The third-order valence-corrected chi connectivity index (χ3v) is 3.46. The summed E-state index contributed by atoms with van der Waals surface area (Å²) in [5.74, 6) is 1.18. The number of rotatable bonds is 5. The van der Waals surface area contributed by atoms with E-state index < -0.39 is 0 Å². The van der Waals surface area contributed by atoms with Crippen LogP contribution in [0.25, 0.3) is 0 Å². The summed E-state index contributed by atoms with van der Waals surface area (Å²) in [4.78, 5) is 8.52. The van der Waals surface area contributed by atoms with E-state index in [2.05, 4.69) is 54.1 Å². The van der Waals surface area contributed by atoms with Gasteiger partial charge < -0.3 is 10.1 Å². The first-order chi connectivity index (χ1) is 9.19. The molecule has 0 atom stereocenters. The zero-order chi connectivity index (χ0) is 13.7. The normalized spacial score (nSPS) is 10.5. The highest BCUT2D eigenvalue weighted by Crippen LogP contribution is 2.30. The Morgan fingerprint density at radius 3 is 2.68 bits per heavy atom. The van der Waals surface area contributed by atoms with Crippen molar-refractivity contribution in [1.82, 2.24) is 15.3 Å². The highest BCUT2D eigenvalue weighted by Gasteiger charge is 2.05. The highest BCUT2D eigenvalue weighted by molar-refractivity contribution is 9.11. The molecule has 0 fully saturated rings. The van der Waals surface area contributed by atoms with E-state index in [-0.39, 0.29) is 0 Å². The number of halogens is 2. The monoisotopic (exact) mass is 385 g/mol. The Kier molecular flexibility index (Phi) is 5.30. The predicted octanol–water partition coefficient (Wildman–Crippen LogP) is 3.90. The summed E-state index contributed by atoms with van der Waals surface area (Å²) in [6, 6.07) is 5.69. The minimum atomic E-state index is 0.475. The van der Waals surface area contributed by atoms with Gasteiger partial charge in [0, 0.05) is 11.0 Å². The molecule has 1 aromatic heterocycles. The summed E-state index contributed by atoms with van der Waals surface area (Å²) in [5.41, 5.74) is 0.893. The van der Waals surface area contributed by atoms with Crippen LogP contribution in [0.4, 0.5) is 0 Å². The molecule has 0 unspecified atom stereocenters. The average molecular weight is 387 g/mol. The number of benzene rings is 1. The Labute approximate surface area is 128 Å². The lowest BCUT2D eigenvalue weighted by molar-refractivity contribution is 0.456. The SMILES string of the molecule is CCNCc1cnc(Oc2ccc(Br)cc2Br)cn1. The van der Waals surface area contributed by atoms with E-state index >= 15 is 0 Å². The maximum Gasteiger partial charge on any atom is 0.237 e. The highest BCUT2D eigenvalue weighted by atomic mass is 79.9. The number of hydrogen-bond donors (Lipinski definition) is 1. The van der Waals surface area contributed by atoms with Crippen LogP contribution in [-0.4, -0.2) is 16.5 Å². The van der Waals surface area contributed by atoms with Crippen LogP contribution in [0.15, 0.2) is 39.5 Å². The van der Waals surface area contributed by atoms with Crippen molar-refractivity contribution in [2.24, 2.45) is 0 Å². The number of aromatic nitrogens is 2. The van der Waals surface area contributed by atoms with E-state index in [9.17, 15) is 0 Å². The van der Waals surface area contributed by atoms with Crippen molar-refractivity contribution in [2.45, 2.75) is 13.5 Å². The molecular weight excluding hydrogens is 374 g/mol. The zero-order valence-corrected chi connectivity index (χ0v) is 13.5. The molecule has 0 aliphatic heterocycles. The number of ether oxygens (including phenoxy) is 1. The molecule has 100 valence electrons. The van der Waals surface area contributed by atoms with Crippen molar-refractivity contribution in [2.75, 3.05) is 6.54 Å². The molecule has 0 aliphatic rings. The van der Waals surface area contributed by atoms with Gasteiger partial charge in [-0.25, -0.2) is 4.98 Å². The molecule has 0 radical (unpaired) electrons. The van der Waals surface area contributed by atoms with E-state index in [1.165, 1.54) is 0 Å². The lowest BCUT2D eigenvalue weighted by Gasteiger charge is -2.07. The van der Waals surface area contributed by atoms with Crippen LogP contribution in [0.5, 0.6) is 11.6 Å². The van der Waals surface area contributed by atoms with Crippen LogP contribution >= 0.6 is 31.9 Å². The molecule has 2 aromatic rings. The summed E-state index contributed by atoms with van der Waals surface area (Å²) in [7, 11) is 0. The molecule has 0 spiro atoms. The van der Waals surface area contributed by atoms with E-state index in [0.717, 1.165) is 21.2 Å². The Bertz CT molecular complexity index is 546. The lowest BCUT2D eigenvalue weighted by Crippen LogP contribution is -2.13. The van der Waals surface area contributed by atoms with E-state index in [1.807, 2.05) is 18.2 Å². The third kappa shape index (κ3) is 4.26. The first-order valence-corrected chi connectivity index (χ1v) is 7.42.